The number of carbonyl (C=O) groups is 1. The van der Waals surface area contributed by atoms with E-state index >= 15 is 4.39 Å². The van der Waals surface area contributed by atoms with Gasteiger partial charge in [0.2, 0.25) is 5.91 Å². The standard InChI is InChI=1S/C27H20F2N8O/c1-2-3-20(38)33-17-10-15(11-30-12-17)23-22(29)21-19(13-32-23)36-37-25(21)27-34-24-18(8-9-31-26(24)35-27)14-4-6-16(28)7-5-14/h4-13H,2-3H2,1H3,(H,33,38)(H,36,37)(H,31,34,35). The van der Waals surface area contributed by atoms with Gasteiger partial charge in [0.15, 0.2) is 17.3 Å². The van der Waals surface area contributed by atoms with Crippen LogP contribution in [0.4, 0.5) is 14.5 Å². The second-order valence-corrected chi connectivity index (χ2v) is 8.69. The lowest BCUT2D eigenvalue weighted by atomic mass is 10.1. The minimum atomic E-state index is -0.614. The van der Waals surface area contributed by atoms with Crippen molar-refractivity contribution in [1.29, 1.82) is 0 Å². The van der Waals surface area contributed by atoms with Crippen LogP contribution in [0.5, 0.6) is 0 Å². The highest BCUT2D eigenvalue weighted by Gasteiger charge is 2.21. The summed E-state index contributed by atoms with van der Waals surface area (Å²) in [6, 6.07) is 9.50. The highest BCUT2D eigenvalue weighted by atomic mass is 19.1. The van der Waals surface area contributed by atoms with Gasteiger partial charge in [-0.05, 0) is 36.2 Å². The van der Waals surface area contributed by atoms with E-state index in [1.54, 1.807) is 30.5 Å². The Kier molecular flexibility index (Phi) is 5.79. The molecule has 3 N–H and O–H groups in total. The van der Waals surface area contributed by atoms with Gasteiger partial charge in [-0.3, -0.25) is 19.9 Å². The third kappa shape index (κ3) is 4.13. The summed E-state index contributed by atoms with van der Waals surface area (Å²) < 4.78 is 29.4. The van der Waals surface area contributed by atoms with E-state index in [9.17, 15) is 9.18 Å². The smallest absolute Gasteiger partial charge is 0.224 e. The van der Waals surface area contributed by atoms with Crippen LogP contribution in [-0.4, -0.2) is 41.0 Å². The first-order chi connectivity index (χ1) is 18.5. The Morgan fingerprint density at radius 1 is 1.00 bits per heavy atom. The number of anilines is 1. The van der Waals surface area contributed by atoms with Gasteiger partial charge in [-0.15, -0.1) is 0 Å². The summed E-state index contributed by atoms with van der Waals surface area (Å²) in [5, 5.41) is 10.1. The normalized spacial score (nSPS) is 11.3. The van der Waals surface area contributed by atoms with E-state index in [1.165, 1.54) is 30.7 Å². The van der Waals surface area contributed by atoms with Crippen LogP contribution in [0.15, 0.2) is 61.2 Å². The molecule has 0 aliphatic rings. The predicted octanol–water partition coefficient (Wildman–Crippen LogP) is 5.64. The fourth-order valence-corrected chi connectivity index (χ4v) is 4.33. The van der Waals surface area contributed by atoms with Gasteiger partial charge in [-0.2, -0.15) is 5.10 Å². The lowest BCUT2D eigenvalue weighted by molar-refractivity contribution is -0.116. The molecule has 5 aromatic heterocycles. The maximum absolute atomic E-state index is 16.0. The van der Waals surface area contributed by atoms with E-state index < -0.39 is 5.82 Å². The first-order valence-electron chi connectivity index (χ1n) is 11.9. The van der Waals surface area contributed by atoms with E-state index in [2.05, 4.69) is 40.4 Å². The van der Waals surface area contributed by atoms with Gasteiger partial charge in [0.1, 0.15) is 17.2 Å². The number of nitrogens with one attached hydrogen (secondary N) is 3. The monoisotopic (exact) mass is 510 g/mol. The third-order valence-corrected chi connectivity index (χ3v) is 6.09. The molecule has 1 amide bonds. The zero-order valence-electron chi connectivity index (χ0n) is 20.1. The number of hydrogen-bond acceptors (Lipinski definition) is 6. The molecule has 0 radical (unpaired) electrons. The van der Waals surface area contributed by atoms with Crippen LogP contribution in [-0.2, 0) is 4.79 Å². The van der Waals surface area contributed by atoms with Crippen LogP contribution in [0.3, 0.4) is 0 Å². The van der Waals surface area contributed by atoms with Crippen molar-refractivity contribution < 1.29 is 13.6 Å². The maximum Gasteiger partial charge on any atom is 0.224 e. The number of aromatic nitrogens is 7. The van der Waals surface area contributed by atoms with E-state index in [-0.39, 0.29) is 28.5 Å². The second-order valence-electron chi connectivity index (χ2n) is 8.69. The Morgan fingerprint density at radius 2 is 1.84 bits per heavy atom. The number of hydrogen-bond donors (Lipinski definition) is 3. The molecular weight excluding hydrogens is 490 g/mol. The summed E-state index contributed by atoms with van der Waals surface area (Å²) in [6.45, 7) is 1.91. The number of rotatable bonds is 6. The number of pyridine rings is 3. The van der Waals surface area contributed by atoms with E-state index in [4.69, 9.17) is 0 Å². The molecule has 188 valence electrons. The summed E-state index contributed by atoms with van der Waals surface area (Å²) in [4.78, 5) is 32.5. The fourth-order valence-electron chi connectivity index (χ4n) is 4.33. The number of imidazole rings is 1. The van der Waals surface area contributed by atoms with Gasteiger partial charge < -0.3 is 10.3 Å². The SMILES string of the molecule is CCCC(=O)Nc1cncc(-c2ncc3[nH]nc(-c4nc5nccc(-c6ccc(F)cc6)c5[nH]4)c3c2F)c1. The van der Waals surface area contributed by atoms with Gasteiger partial charge >= 0.3 is 0 Å². The Balaban J connectivity index is 1.44. The van der Waals surface area contributed by atoms with Gasteiger partial charge in [0.25, 0.3) is 0 Å². The first-order valence-corrected chi connectivity index (χ1v) is 11.9. The van der Waals surface area contributed by atoms with Crippen molar-refractivity contribution in [3.63, 3.8) is 0 Å². The second kappa shape index (κ2) is 9.43. The van der Waals surface area contributed by atoms with Crippen molar-refractivity contribution in [2.24, 2.45) is 0 Å². The molecule has 6 rings (SSSR count). The van der Waals surface area contributed by atoms with Crippen LogP contribution in [0, 0.1) is 11.6 Å². The quantitative estimate of drug-likeness (QED) is 0.266. The van der Waals surface area contributed by atoms with Crippen molar-refractivity contribution in [2.75, 3.05) is 5.32 Å². The molecule has 0 aliphatic heterocycles. The molecule has 0 bridgehead atoms. The summed E-state index contributed by atoms with van der Waals surface area (Å²) in [5.41, 5.74) is 4.11. The van der Waals surface area contributed by atoms with E-state index in [0.717, 1.165) is 11.1 Å². The molecule has 5 heterocycles. The van der Waals surface area contributed by atoms with Crippen molar-refractivity contribution in [3.8, 4) is 33.9 Å². The molecule has 0 unspecified atom stereocenters. The topological polar surface area (TPSA) is 125 Å². The summed E-state index contributed by atoms with van der Waals surface area (Å²) >= 11 is 0. The Labute approximate surface area is 214 Å². The van der Waals surface area contributed by atoms with Crippen LogP contribution in [0.1, 0.15) is 19.8 Å². The van der Waals surface area contributed by atoms with Crippen molar-refractivity contribution >= 4 is 33.7 Å². The Bertz CT molecular complexity index is 1810. The largest absolute Gasteiger partial charge is 0.335 e. The third-order valence-electron chi connectivity index (χ3n) is 6.09. The molecule has 0 fully saturated rings. The van der Waals surface area contributed by atoms with E-state index in [0.29, 0.717) is 46.6 Å². The lowest BCUT2D eigenvalue weighted by Gasteiger charge is -2.07. The molecule has 9 nitrogen and oxygen atoms in total. The first kappa shape index (κ1) is 23.3. The average Bonchev–Trinajstić information content (AvgIpc) is 3.54. The Hall–Kier alpha value is -5.06. The van der Waals surface area contributed by atoms with Gasteiger partial charge in [-0.1, -0.05) is 19.1 Å². The minimum absolute atomic E-state index is 0.0560. The van der Waals surface area contributed by atoms with Gasteiger partial charge in [0.05, 0.1) is 34.5 Å². The van der Waals surface area contributed by atoms with Crippen molar-refractivity contribution in [2.45, 2.75) is 19.8 Å². The van der Waals surface area contributed by atoms with Crippen molar-refractivity contribution in [3.05, 3.63) is 72.8 Å². The summed E-state index contributed by atoms with van der Waals surface area (Å²) in [5.74, 6) is -0.789. The number of halogens is 2. The highest BCUT2D eigenvalue weighted by molar-refractivity contribution is 5.97. The zero-order valence-corrected chi connectivity index (χ0v) is 20.1. The molecule has 11 heteroatoms. The molecule has 0 saturated heterocycles. The number of aromatic amines is 2. The molecule has 0 atom stereocenters. The fraction of sp³-hybridized carbons (Fsp3) is 0.111. The number of amides is 1. The summed E-state index contributed by atoms with van der Waals surface area (Å²) in [7, 11) is 0. The van der Waals surface area contributed by atoms with Gasteiger partial charge in [0, 0.05) is 29.9 Å². The molecular formula is C27H20F2N8O. The minimum Gasteiger partial charge on any atom is -0.335 e. The lowest BCUT2D eigenvalue weighted by Crippen LogP contribution is -2.10. The highest BCUT2D eigenvalue weighted by Crippen LogP contribution is 2.34. The molecule has 0 saturated carbocycles. The number of nitrogens with zero attached hydrogens (tertiary/aromatic N) is 5. The molecule has 1 aromatic carbocycles. The molecule has 6 aromatic rings. The van der Waals surface area contributed by atoms with Crippen LogP contribution >= 0.6 is 0 Å². The van der Waals surface area contributed by atoms with Crippen LogP contribution in [0.25, 0.3) is 56.0 Å². The number of H-pyrrole nitrogens is 2. The average molecular weight is 511 g/mol. The molecule has 0 aliphatic carbocycles. The maximum atomic E-state index is 16.0. The van der Waals surface area contributed by atoms with Crippen molar-refractivity contribution in [1.82, 2.24) is 35.1 Å². The van der Waals surface area contributed by atoms with Crippen LogP contribution in [0.2, 0.25) is 0 Å². The zero-order chi connectivity index (χ0) is 26.2. The van der Waals surface area contributed by atoms with Crippen LogP contribution < -0.4 is 5.32 Å². The van der Waals surface area contributed by atoms with Gasteiger partial charge in [-0.25, -0.2) is 18.7 Å². The summed E-state index contributed by atoms with van der Waals surface area (Å²) in [6.07, 6.45) is 7.14. The number of benzene rings is 1. The molecule has 38 heavy (non-hydrogen) atoms. The Morgan fingerprint density at radius 3 is 2.66 bits per heavy atom. The van der Waals surface area contributed by atoms with E-state index in [1.807, 2.05) is 6.92 Å². The predicted molar refractivity (Wildman–Crippen MR) is 139 cm³/mol. The number of carbonyl (C=O) groups excluding carboxylic acids is 1. The molecule has 0 spiro atoms. The number of fused-ring (bicyclic) bond motifs is 2.